The van der Waals surface area contributed by atoms with Gasteiger partial charge >= 0.3 is 0 Å². The Morgan fingerprint density at radius 3 is 2.88 bits per heavy atom. The molecule has 0 spiro atoms. The van der Waals surface area contributed by atoms with Crippen LogP contribution in [0.25, 0.3) is 6.08 Å². The summed E-state index contributed by atoms with van der Waals surface area (Å²) in [5.41, 5.74) is 0.894. The van der Waals surface area contributed by atoms with E-state index in [9.17, 15) is 18.0 Å². The Morgan fingerprint density at radius 1 is 1.50 bits per heavy atom. The highest BCUT2D eigenvalue weighted by Crippen LogP contribution is 2.32. The molecule has 7 nitrogen and oxygen atoms in total. The molecule has 1 aromatic rings. The van der Waals surface area contributed by atoms with E-state index >= 15 is 0 Å². The SMILES string of the molecule is Cn1cccc1C=C1SC(=S)N(CCC(=O)NC2CCS(=O)(=O)C2)C1=O. The van der Waals surface area contributed by atoms with Gasteiger partial charge in [0.05, 0.1) is 16.4 Å². The van der Waals surface area contributed by atoms with Crippen molar-refractivity contribution >= 4 is 56.0 Å². The zero-order valence-electron chi connectivity index (χ0n) is 14.2. The quantitative estimate of drug-likeness (QED) is 0.570. The molecule has 3 rings (SSSR count). The van der Waals surface area contributed by atoms with Crippen LogP contribution in [0, 0.1) is 0 Å². The van der Waals surface area contributed by atoms with E-state index in [1.807, 2.05) is 29.9 Å². The van der Waals surface area contributed by atoms with E-state index in [1.54, 1.807) is 6.08 Å². The van der Waals surface area contributed by atoms with Gasteiger partial charge in [0.25, 0.3) is 5.91 Å². The van der Waals surface area contributed by atoms with Gasteiger partial charge in [0.2, 0.25) is 5.91 Å². The lowest BCUT2D eigenvalue weighted by molar-refractivity contribution is -0.124. The van der Waals surface area contributed by atoms with Crippen molar-refractivity contribution in [3.05, 3.63) is 28.9 Å². The first-order valence-electron chi connectivity index (χ1n) is 8.12. The molecule has 140 valence electrons. The highest BCUT2D eigenvalue weighted by molar-refractivity contribution is 8.26. The molecule has 0 radical (unpaired) electrons. The average Bonchev–Trinajstić information content (AvgIpc) is 3.18. The summed E-state index contributed by atoms with van der Waals surface area (Å²) in [6.07, 6.45) is 4.19. The summed E-state index contributed by atoms with van der Waals surface area (Å²) in [7, 11) is -1.15. The minimum atomic E-state index is -3.04. The highest BCUT2D eigenvalue weighted by Gasteiger charge is 2.33. The molecule has 26 heavy (non-hydrogen) atoms. The van der Waals surface area contributed by atoms with Gasteiger partial charge in [0, 0.05) is 37.9 Å². The smallest absolute Gasteiger partial charge is 0.266 e. The maximum atomic E-state index is 12.5. The van der Waals surface area contributed by atoms with E-state index in [-0.39, 0.29) is 42.3 Å². The van der Waals surface area contributed by atoms with Gasteiger partial charge in [-0.25, -0.2) is 8.42 Å². The molecule has 0 aliphatic carbocycles. The van der Waals surface area contributed by atoms with Crippen molar-refractivity contribution in [2.75, 3.05) is 18.1 Å². The van der Waals surface area contributed by atoms with Gasteiger partial charge in [-0.3, -0.25) is 14.5 Å². The number of sulfone groups is 1. The molecule has 0 aromatic carbocycles. The number of rotatable bonds is 5. The molecule has 2 amide bonds. The molecule has 3 heterocycles. The van der Waals surface area contributed by atoms with Crippen molar-refractivity contribution in [3.8, 4) is 0 Å². The summed E-state index contributed by atoms with van der Waals surface area (Å²) >= 11 is 6.48. The number of thiocarbonyl (C=S) groups is 1. The molecular formula is C16H19N3O4S3. The second-order valence-electron chi connectivity index (χ2n) is 6.29. The summed E-state index contributed by atoms with van der Waals surface area (Å²) in [6, 6.07) is 3.45. The third kappa shape index (κ3) is 4.36. The van der Waals surface area contributed by atoms with Crippen molar-refractivity contribution in [1.29, 1.82) is 0 Å². The van der Waals surface area contributed by atoms with E-state index in [4.69, 9.17) is 12.2 Å². The number of hydrogen-bond acceptors (Lipinski definition) is 6. The second kappa shape index (κ2) is 7.53. The van der Waals surface area contributed by atoms with E-state index in [1.165, 1.54) is 16.7 Å². The Kier molecular flexibility index (Phi) is 5.54. The molecule has 2 aliphatic rings. The van der Waals surface area contributed by atoms with E-state index in [0.717, 1.165) is 5.69 Å². The number of hydrogen-bond donors (Lipinski definition) is 1. The second-order valence-corrected chi connectivity index (χ2v) is 10.2. The summed E-state index contributed by atoms with van der Waals surface area (Å²) in [6.45, 7) is 0.181. The maximum Gasteiger partial charge on any atom is 0.266 e. The van der Waals surface area contributed by atoms with Crippen LogP contribution in [0.2, 0.25) is 0 Å². The Balaban J connectivity index is 1.56. The number of nitrogens with one attached hydrogen (secondary N) is 1. The molecule has 10 heteroatoms. The third-order valence-corrected chi connectivity index (χ3v) is 7.44. The van der Waals surface area contributed by atoms with Crippen LogP contribution >= 0.6 is 24.0 Å². The first kappa shape index (κ1) is 19.1. The Bertz CT molecular complexity index is 888. The van der Waals surface area contributed by atoms with E-state index < -0.39 is 9.84 Å². The Morgan fingerprint density at radius 2 is 2.27 bits per heavy atom. The molecule has 0 bridgehead atoms. The van der Waals surface area contributed by atoms with Gasteiger partial charge in [-0.2, -0.15) is 0 Å². The van der Waals surface area contributed by atoms with Crippen LogP contribution in [0.3, 0.4) is 0 Å². The van der Waals surface area contributed by atoms with Gasteiger partial charge < -0.3 is 9.88 Å². The van der Waals surface area contributed by atoms with Crippen molar-refractivity contribution in [1.82, 2.24) is 14.8 Å². The largest absolute Gasteiger partial charge is 0.352 e. The fraction of sp³-hybridized carbons (Fsp3) is 0.438. The maximum absolute atomic E-state index is 12.5. The molecule has 1 N–H and O–H groups in total. The fourth-order valence-corrected chi connectivity index (χ4v) is 5.84. The predicted octanol–water partition coefficient (Wildman–Crippen LogP) is 0.920. The average molecular weight is 414 g/mol. The van der Waals surface area contributed by atoms with Crippen molar-refractivity contribution in [2.45, 2.75) is 18.9 Å². The molecule has 2 aliphatic heterocycles. The fourth-order valence-electron chi connectivity index (χ4n) is 2.87. The van der Waals surface area contributed by atoms with Crippen LogP contribution in [0.15, 0.2) is 23.2 Å². The standard InChI is InChI=1S/C16H19N3O4S3/c1-18-6-2-3-12(18)9-13-15(21)19(16(24)25-13)7-4-14(20)17-11-5-8-26(22,23)10-11/h2-3,6,9,11H,4-5,7-8,10H2,1H3,(H,17,20). The number of aromatic nitrogens is 1. The number of aryl methyl sites for hydroxylation is 1. The van der Waals surface area contributed by atoms with Crippen LogP contribution in [-0.4, -0.2) is 58.1 Å². The Labute approximate surface area is 161 Å². The highest BCUT2D eigenvalue weighted by atomic mass is 32.2. The van der Waals surface area contributed by atoms with Gasteiger partial charge in [-0.1, -0.05) is 24.0 Å². The van der Waals surface area contributed by atoms with Crippen molar-refractivity contribution in [3.63, 3.8) is 0 Å². The number of nitrogens with zero attached hydrogens (tertiary/aromatic N) is 2. The van der Waals surface area contributed by atoms with Crippen LogP contribution < -0.4 is 5.32 Å². The molecule has 1 aromatic heterocycles. The lowest BCUT2D eigenvalue weighted by Gasteiger charge is -2.15. The molecule has 0 saturated carbocycles. The van der Waals surface area contributed by atoms with Gasteiger partial charge in [-0.15, -0.1) is 0 Å². The number of thioether (sulfide) groups is 1. The molecular weight excluding hydrogens is 394 g/mol. The van der Waals surface area contributed by atoms with Crippen LogP contribution in [-0.2, 0) is 26.5 Å². The summed E-state index contributed by atoms with van der Waals surface area (Å²) < 4.78 is 25.2. The number of carbonyl (C=O) groups excluding carboxylic acids is 2. The van der Waals surface area contributed by atoms with Crippen LogP contribution in [0.1, 0.15) is 18.5 Å². The molecule has 2 fully saturated rings. The molecule has 2 saturated heterocycles. The number of carbonyl (C=O) groups is 2. The van der Waals surface area contributed by atoms with Crippen molar-refractivity contribution in [2.24, 2.45) is 7.05 Å². The lowest BCUT2D eigenvalue weighted by atomic mass is 10.2. The summed E-state index contributed by atoms with van der Waals surface area (Å²) in [5, 5.41) is 2.72. The van der Waals surface area contributed by atoms with Crippen molar-refractivity contribution < 1.29 is 18.0 Å². The zero-order chi connectivity index (χ0) is 18.9. The van der Waals surface area contributed by atoms with Gasteiger partial charge in [-0.05, 0) is 24.6 Å². The number of amides is 2. The monoisotopic (exact) mass is 413 g/mol. The predicted molar refractivity (Wildman–Crippen MR) is 105 cm³/mol. The van der Waals surface area contributed by atoms with Crippen LogP contribution in [0.4, 0.5) is 0 Å². The molecule has 1 atom stereocenters. The topological polar surface area (TPSA) is 88.5 Å². The minimum Gasteiger partial charge on any atom is -0.352 e. The molecule has 1 unspecified atom stereocenters. The minimum absolute atomic E-state index is 0.0147. The van der Waals surface area contributed by atoms with Gasteiger partial charge in [0.15, 0.2) is 9.84 Å². The summed E-state index contributed by atoms with van der Waals surface area (Å²) in [5.74, 6) is -0.388. The Hall–Kier alpha value is -1.65. The van der Waals surface area contributed by atoms with E-state index in [0.29, 0.717) is 15.6 Å². The first-order valence-corrected chi connectivity index (χ1v) is 11.2. The zero-order valence-corrected chi connectivity index (χ0v) is 16.6. The first-order chi connectivity index (χ1) is 12.2. The van der Waals surface area contributed by atoms with Gasteiger partial charge in [0.1, 0.15) is 4.32 Å². The van der Waals surface area contributed by atoms with Crippen LogP contribution in [0.5, 0.6) is 0 Å². The summed E-state index contributed by atoms with van der Waals surface area (Å²) in [4.78, 5) is 26.5. The normalized spacial score (nSPS) is 23.8. The third-order valence-electron chi connectivity index (χ3n) is 4.30. The lowest BCUT2D eigenvalue weighted by Crippen LogP contribution is -2.38. The van der Waals surface area contributed by atoms with E-state index in [2.05, 4.69) is 5.32 Å².